The van der Waals surface area contributed by atoms with E-state index in [9.17, 15) is 9.90 Å². The van der Waals surface area contributed by atoms with Gasteiger partial charge in [0.25, 0.3) is 0 Å². The highest BCUT2D eigenvalue weighted by Crippen LogP contribution is 2.19. The van der Waals surface area contributed by atoms with Gasteiger partial charge in [0.15, 0.2) is 0 Å². The fraction of sp³-hybridized carbons (Fsp3) is 0.524. The molecule has 2 aliphatic heterocycles. The Kier molecular flexibility index (Phi) is 6.13. The highest BCUT2D eigenvalue weighted by molar-refractivity contribution is 5.81. The van der Waals surface area contributed by atoms with E-state index in [0.717, 1.165) is 30.1 Å². The normalized spacial score (nSPS) is 25.1. The molecule has 2 aliphatic rings. The molecular formula is C21H28N4O4. The number of hydrogen-bond acceptors (Lipinski definition) is 6. The van der Waals surface area contributed by atoms with Gasteiger partial charge in [-0.15, -0.1) is 0 Å². The number of aromatic nitrogens is 2. The lowest BCUT2D eigenvalue weighted by molar-refractivity contribution is -0.131. The van der Waals surface area contributed by atoms with Crippen molar-refractivity contribution in [1.82, 2.24) is 19.8 Å². The lowest BCUT2D eigenvalue weighted by Crippen LogP contribution is -2.54. The van der Waals surface area contributed by atoms with E-state index in [1.807, 2.05) is 35.0 Å². The van der Waals surface area contributed by atoms with Gasteiger partial charge in [-0.2, -0.15) is 0 Å². The van der Waals surface area contributed by atoms with Gasteiger partial charge < -0.3 is 24.5 Å². The molecule has 2 aromatic rings. The Bertz CT molecular complexity index is 816. The van der Waals surface area contributed by atoms with Gasteiger partial charge in [-0.05, 0) is 43.5 Å². The van der Waals surface area contributed by atoms with Crippen molar-refractivity contribution in [2.45, 2.75) is 44.1 Å². The number of methoxy groups -OCH3 is 1. The Morgan fingerprint density at radius 1 is 1.34 bits per heavy atom. The molecule has 29 heavy (non-hydrogen) atoms. The van der Waals surface area contributed by atoms with Crippen LogP contribution in [0.3, 0.4) is 0 Å². The predicted octanol–water partition coefficient (Wildman–Crippen LogP) is 1.11. The fourth-order valence-electron chi connectivity index (χ4n) is 4.10. The van der Waals surface area contributed by atoms with E-state index >= 15 is 0 Å². The lowest BCUT2D eigenvalue weighted by atomic mass is 10.0. The molecule has 2 saturated heterocycles. The predicted molar refractivity (Wildman–Crippen MR) is 107 cm³/mol. The van der Waals surface area contributed by atoms with Crippen LogP contribution in [0.15, 0.2) is 36.7 Å². The molecule has 8 nitrogen and oxygen atoms in total. The molecule has 1 aromatic heterocycles. The molecule has 2 N–H and O–H groups in total. The Labute approximate surface area is 170 Å². The van der Waals surface area contributed by atoms with Crippen LogP contribution in [0.1, 0.15) is 25.1 Å². The number of piperidine rings is 1. The first-order valence-electron chi connectivity index (χ1n) is 10.1. The summed E-state index contributed by atoms with van der Waals surface area (Å²) in [7, 11) is 1.65. The zero-order valence-electron chi connectivity index (χ0n) is 16.7. The first-order chi connectivity index (χ1) is 14.1. The third kappa shape index (κ3) is 4.77. The van der Waals surface area contributed by atoms with E-state index in [4.69, 9.17) is 9.47 Å². The average molecular weight is 400 g/mol. The number of ether oxygens (including phenoxy) is 2. The molecule has 3 heterocycles. The van der Waals surface area contributed by atoms with Crippen molar-refractivity contribution in [3.8, 4) is 11.4 Å². The Morgan fingerprint density at radius 3 is 2.90 bits per heavy atom. The maximum Gasteiger partial charge on any atom is 0.249 e. The fourth-order valence-corrected chi connectivity index (χ4v) is 4.10. The molecule has 0 radical (unpaired) electrons. The molecule has 0 spiro atoms. The van der Waals surface area contributed by atoms with Crippen molar-refractivity contribution in [2.75, 3.05) is 26.8 Å². The van der Waals surface area contributed by atoms with E-state index in [2.05, 4.69) is 15.2 Å². The first-order valence-corrected chi connectivity index (χ1v) is 10.1. The van der Waals surface area contributed by atoms with Crippen LogP contribution in [0.25, 0.3) is 5.69 Å². The Morgan fingerprint density at radius 2 is 2.17 bits per heavy atom. The van der Waals surface area contributed by atoms with Gasteiger partial charge in [-0.25, -0.2) is 4.98 Å². The van der Waals surface area contributed by atoms with Crippen molar-refractivity contribution < 1.29 is 19.4 Å². The zero-order chi connectivity index (χ0) is 20.2. The molecule has 156 valence electrons. The van der Waals surface area contributed by atoms with Gasteiger partial charge in [0.1, 0.15) is 17.7 Å². The lowest BCUT2D eigenvalue weighted by Gasteiger charge is -2.36. The smallest absolute Gasteiger partial charge is 0.249 e. The second-order valence-electron chi connectivity index (χ2n) is 7.70. The molecule has 3 atom stereocenters. The maximum atomic E-state index is 12.4. The number of hydrogen-bond donors (Lipinski definition) is 2. The summed E-state index contributed by atoms with van der Waals surface area (Å²) in [5, 5.41) is 13.4. The average Bonchev–Trinajstić information content (AvgIpc) is 3.40. The minimum Gasteiger partial charge on any atom is -0.497 e. The summed E-state index contributed by atoms with van der Waals surface area (Å²) in [6.07, 6.45) is 5.11. The summed E-state index contributed by atoms with van der Waals surface area (Å²) < 4.78 is 12.7. The molecule has 2 fully saturated rings. The van der Waals surface area contributed by atoms with Gasteiger partial charge in [0.2, 0.25) is 5.91 Å². The molecule has 1 amide bonds. The standard InChI is InChI=1S/C21H28N4O4/c1-28-18-6-4-16(5-7-18)25-9-8-22-20(25)14-24-12-15(11-17(26)13-24)23-21(27)19-3-2-10-29-19/h4-9,15,17,19,26H,2-3,10-14H2,1H3,(H,23,27)/t15-,17+,19+/m0/s1. The van der Waals surface area contributed by atoms with E-state index in [0.29, 0.717) is 32.7 Å². The second-order valence-corrected chi connectivity index (χ2v) is 7.70. The number of aliphatic hydroxyl groups is 1. The number of imidazole rings is 1. The van der Waals surface area contributed by atoms with Crippen molar-refractivity contribution in [3.05, 3.63) is 42.5 Å². The van der Waals surface area contributed by atoms with Gasteiger partial charge >= 0.3 is 0 Å². The van der Waals surface area contributed by atoms with E-state index < -0.39 is 6.10 Å². The number of amides is 1. The molecule has 4 rings (SSSR count). The minimum atomic E-state index is -0.483. The monoisotopic (exact) mass is 400 g/mol. The third-order valence-electron chi connectivity index (χ3n) is 5.51. The van der Waals surface area contributed by atoms with Gasteiger partial charge in [0, 0.05) is 43.8 Å². The van der Waals surface area contributed by atoms with Crippen molar-refractivity contribution in [1.29, 1.82) is 0 Å². The van der Waals surface area contributed by atoms with Crippen molar-refractivity contribution in [2.24, 2.45) is 0 Å². The maximum absolute atomic E-state index is 12.4. The van der Waals surface area contributed by atoms with Crippen LogP contribution in [-0.2, 0) is 16.1 Å². The molecule has 1 aromatic carbocycles. The SMILES string of the molecule is COc1ccc(-n2ccnc2CN2C[C@H](O)C[C@H](NC(=O)[C@H]3CCCO3)C2)cc1. The van der Waals surface area contributed by atoms with E-state index in [1.54, 1.807) is 13.3 Å². The van der Waals surface area contributed by atoms with Gasteiger partial charge in [0.05, 0.1) is 19.8 Å². The van der Waals surface area contributed by atoms with Crippen LogP contribution >= 0.6 is 0 Å². The van der Waals surface area contributed by atoms with Gasteiger partial charge in [-0.3, -0.25) is 9.69 Å². The Balaban J connectivity index is 1.41. The number of β-amino-alcohol motifs (C(OH)–C–C–N with tert-alkyl or cyclic N) is 1. The number of rotatable bonds is 6. The topological polar surface area (TPSA) is 88.9 Å². The summed E-state index contributed by atoms with van der Waals surface area (Å²) in [4.78, 5) is 19.0. The van der Waals surface area contributed by atoms with Crippen molar-refractivity contribution in [3.63, 3.8) is 0 Å². The second kappa shape index (κ2) is 8.94. The number of aliphatic hydroxyl groups excluding tert-OH is 1. The van der Waals surface area contributed by atoms with Gasteiger partial charge in [-0.1, -0.05) is 0 Å². The van der Waals surface area contributed by atoms with Crippen LogP contribution in [0.5, 0.6) is 5.75 Å². The number of benzene rings is 1. The molecule has 0 saturated carbocycles. The summed E-state index contributed by atoms with van der Waals surface area (Å²) in [6, 6.07) is 7.71. The zero-order valence-corrected chi connectivity index (χ0v) is 16.7. The highest BCUT2D eigenvalue weighted by Gasteiger charge is 2.31. The molecule has 8 heteroatoms. The van der Waals surface area contributed by atoms with Crippen molar-refractivity contribution >= 4 is 5.91 Å². The molecule has 0 aliphatic carbocycles. The van der Waals surface area contributed by atoms with Crippen LogP contribution < -0.4 is 10.1 Å². The summed E-state index contributed by atoms with van der Waals surface area (Å²) >= 11 is 0. The van der Waals surface area contributed by atoms with Crippen LogP contribution in [-0.4, -0.2) is 70.5 Å². The number of likely N-dealkylation sites (tertiary alicyclic amines) is 1. The molecular weight excluding hydrogens is 372 g/mol. The van der Waals surface area contributed by atoms with Crippen LogP contribution in [0.2, 0.25) is 0 Å². The quantitative estimate of drug-likeness (QED) is 0.755. The summed E-state index contributed by atoms with van der Waals surface area (Å²) in [5.74, 6) is 1.62. The highest BCUT2D eigenvalue weighted by atomic mass is 16.5. The number of nitrogens with zero attached hydrogens (tertiary/aromatic N) is 3. The minimum absolute atomic E-state index is 0.0683. The van der Waals surface area contributed by atoms with E-state index in [-0.39, 0.29) is 18.1 Å². The largest absolute Gasteiger partial charge is 0.497 e. The third-order valence-corrected chi connectivity index (χ3v) is 5.51. The number of carbonyl (C=O) groups excluding carboxylic acids is 1. The summed E-state index contributed by atoms with van der Waals surface area (Å²) in [5.41, 5.74) is 0.999. The first kappa shape index (κ1) is 19.9. The molecule has 0 bridgehead atoms. The number of carbonyl (C=O) groups is 1. The molecule has 0 unspecified atom stereocenters. The van der Waals surface area contributed by atoms with Crippen LogP contribution in [0.4, 0.5) is 0 Å². The van der Waals surface area contributed by atoms with E-state index in [1.165, 1.54) is 0 Å². The number of nitrogens with one attached hydrogen (secondary N) is 1. The summed E-state index contributed by atoms with van der Waals surface area (Å²) in [6.45, 7) is 2.46. The van der Waals surface area contributed by atoms with Crippen LogP contribution in [0, 0.1) is 0 Å². The Hall–Kier alpha value is -2.42.